The first-order valence-electron chi connectivity index (χ1n) is 12.1. The fourth-order valence-electron chi connectivity index (χ4n) is 3.84. The van der Waals surface area contributed by atoms with Crippen LogP contribution < -0.4 is 10.6 Å². The summed E-state index contributed by atoms with van der Waals surface area (Å²) in [7, 11) is 0.712. The molecule has 0 saturated heterocycles. The number of amides is 2. The van der Waals surface area contributed by atoms with Crippen molar-refractivity contribution < 1.29 is 14.0 Å². The molecule has 1 aromatic rings. The van der Waals surface area contributed by atoms with Crippen LogP contribution in [0.25, 0.3) is 0 Å². The molecule has 0 fully saturated rings. The topological polar surface area (TPSA) is 58.2 Å². The quantitative estimate of drug-likeness (QED) is 0.163. The summed E-state index contributed by atoms with van der Waals surface area (Å²) < 4.78 is 15.3. The van der Waals surface area contributed by atoms with Gasteiger partial charge >= 0.3 is 0 Å². The van der Waals surface area contributed by atoms with Crippen molar-refractivity contribution in [3.63, 3.8) is 0 Å². The second-order valence-electron chi connectivity index (χ2n) is 8.25. The molecule has 0 bridgehead atoms. The van der Waals surface area contributed by atoms with Gasteiger partial charge in [-0.2, -0.15) is 0 Å². The molecule has 33 heavy (non-hydrogen) atoms. The zero-order chi connectivity index (χ0) is 24.2. The summed E-state index contributed by atoms with van der Waals surface area (Å²) in [5, 5.41) is 6.03. The van der Waals surface area contributed by atoms with E-state index in [1.807, 2.05) is 0 Å². The highest BCUT2D eigenvalue weighted by Crippen LogP contribution is 2.42. The summed E-state index contributed by atoms with van der Waals surface area (Å²) >= 11 is 7.74. The third-order valence-corrected chi connectivity index (χ3v) is 9.50. The van der Waals surface area contributed by atoms with Gasteiger partial charge in [-0.3, -0.25) is 9.59 Å². The van der Waals surface area contributed by atoms with Crippen molar-refractivity contribution in [2.75, 3.05) is 18.0 Å². The Morgan fingerprint density at radius 2 is 1.79 bits per heavy atom. The molecule has 0 aromatic heterocycles. The van der Waals surface area contributed by atoms with E-state index in [9.17, 15) is 9.59 Å². The molecule has 1 aliphatic rings. The SMILES string of the molecule is CCCCCCNC(=O)C1=C(C(=O)Nc2ccc(Cl)c(SC(CC)PCC)c2F)CCCC1. The van der Waals surface area contributed by atoms with Gasteiger partial charge in [0.05, 0.1) is 15.6 Å². The number of nitrogens with one attached hydrogen (secondary N) is 2. The number of hydrogen-bond donors (Lipinski definition) is 2. The average Bonchev–Trinajstić information content (AvgIpc) is 2.82. The van der Waals surface area contributed by atoms with Gasteiger partial charge in [0, 0.05) is 22.7 Å². The second kappa shape index (κ2) is 15.0. The number of carbonyl (C=O) groups is 2. The zero-order valence-electron chi connectivity index (χ0n) is 20.0. The lowest BCUT2D eigenvalue weighted by atomic mass is 9.90. The molecule has 0 aliphatic heterocycles. The Morgan fingerprint density at radius 1 is 1.09 bits per heavy atom. The third-order valence-electron chi connectivity index (χ3n) is 5.69. The summed E-state index contributed by atoms with van der Waals surface area (Å²) in [4.78, 5) is 26.5. The van der Waals surface area contributed by atoms with E-state index >= 15 is 4.39 Å². The molecule has 0 saturated carbocycles. The molecule has 1 aromatic carbocycles. The minimum atomic E-state index is -0.501. The predicted molar refractivity (Wildman–Crippen MR) is 141 cm³/mol. The number of carbonyl (C=O) groups excluding carboxylic acids is 2. The van der Waals surface area contributed by atoms with E-state index in [1.54, 1.807) is 6.07 Å². The van der Waals surface area contributed by atoms with Crippen LogP contribution in [0.4, 0.5) is 10.1 Å². The van der Waals surface area contributed by atoms with Gasteiger partial charge in [-0.1, -0.05) is 51.6 Å². The van der Waals surface area contributed by atoms with Crippen LogP contribution in [0.2, 0.25) is 5.02 Å². The summed E-state index contributed by atoms with van der Waals surface area (Å²) in [6, 6.07) is 3.13. The standard InChI is InChI=1S/C25H37ClFN2O2PS/c1-4-7-8-11-16-28-24(30)17-12-9-10-13-18(17)25(31)29-20-15-14-19(26)23(22(20)27)33-21(5-2)32-6-3/h14-15,21,32H,4-13,16H2,1-3H3,(H,28,30)(H,29,31). The van der Waals surface area contributed by atoms with E-state index in [2.05, 4.69) is 31.4 Å². The molecule has 1 aliphatic carbocycles. The predicted octanol–water partition coefficient (Wildman–Crippen LogP) is 7.51. The van der Waals surface area contributed by atoms with E-state index in [4.69, 9.17) is 11.6 Å². The molecular weight excluding hydrogens is 478 g/mol. The molecule has 184 valence electrons. The molecule has 0 heterocycles. The minimum Gasteiger partial charge on any atom is -0.352 e. The Kier molecular flexibility index (Phi) is 12.8. The Hall–Kier alpha value is -1.10. The molecule has 0 radical (unpaired) electrons. The molecule has 2 unspecified atom stereocenters. The fraction of sp³-hybridized carbons (Fsp3) is 0.600. The number of benzene rings is 1. The smallest absolute Gasteiger partial charge is 0.252 e. The van der Waals surface area contributed by atoms with Crippen molar-refractivity contribution >= 4 is 49.4 Å². The van der Waals surface area contributed by atoms with E-state index in [1.165, 1.54) is 17.8 Å². The van der Waals surface area contributed by atoms with Gasteiger partial charge in [0.2, 0.25) is 5.91 Å². The molecule has 4 nitrogen and oxygen atoms in total. The van der Waals surface area contributed by atoms with E-state index in [0.29, 0.717) is 54.0 Å². The van der Waals surface area contributed by atoms with Crippen LogP contribution in [0.3, 0.4) is 0 Å². The Bertz CT molecular complexity index is 850. The second-order valence-corrected chi connectivity index (χ2v) is 12.1. The maximum atomic E-state index is 15.3. The number of unbranched alkanes of at least 4 members (excludes halogenated alkanes) is 3. The number of thioether (sulfide) groups is 1. The van der Waals surface area contributed by atoms with Crippen LogP contribution in [0.15, 0.2) is 28.2 Å². The van der Waals surface area contributed by atoms with Crippen LogP contribution in [0, 0.1) is 5.82 Å². The highest BCUT2D eigenvalue weighted by Gasteiger charge is 2.25. The summed E-state index contributed by atoms with van der Waals surface area (Å²) in [6.45, 7) is 6.96. The highest BCUT2D eigenvalue weighted by molar-refractivity contribution is 8.04. The van der Waals surface area contributed by atoms with Gasteiger partial charge in [-0.05, 0) is 56.8 Å². The van der Waals surface area contributed by atoms with E-state index < -0.39 is 11.7 Å². The van der Waals surface area contributed by atoms with Crippen LogP contribution in [-0.2, 0) is 9.59 Å². The van der Waals surface area contributed by atoms with Crippen molar-refractivity contribution in [1.29, 1.82) is 0 Å². The first kappa shape index (κ1) is 28.1. The highest BCUT2D eigenvalue weighted by atomic mass is 35.5. The summed E-state index contributed by atoms with van der Waals surface area (Å²) in [5.74, 6) is -1.07. The Balaban J connectivity index is 2.16. The van der Waals surface area contributed by atoms with Crippen molar-refractivity contribution in [2.45, 2.75) is 88.4 Å². The van der Waals surface area contributed by atoms with Crippen LogP contribution >= 0.6 is 31.9 Å². The summed E-state index contributed by atoms with van der Waals surface area (Å²) in [5.41, 5.74) is 1.11. The Morgan fingerprint density at radius 3 is 2.42 bits per heavy atom. The monoisotopic (exact) mass is 514 g/mol. The van der Waals surface area contributed by atoms with E-state index in [-0.39, 0.29) is 11.6 Å². The maximum Gasteiger partial charge on any atom is 0.252 e. The number of hydrogen-bond acceptors (Lipinski definition) is 3. The van der Waals surface area contributed by atoms with Crippen LogP contribution in [0.1, 0.15) is 78.6 Å². The fourth-order valence-corrected chi connectivity index (χ4v) is 6.90. The van der Waals surface area contributed by atoms with Gasteiger partial charge < -0.3 is 10.6 Å². The van der Waals surface area contributed by atoms with Crippen molar-refractivity contribution in [1.82, 2.24) is 5.32 Å². The maximum absolute atomic E-state index is 15.3. The molecule has 2 amide bonds. The first-order valence-corrected chi connectivity index (χ1v) is 14.7. The average molecular weight is 515 g/mol. The molecule has 0 spiro atoms. The number of rotatable bonds is 13. The zero-order valence-corrected chi connectivity index (χ0v) is 22.6. The van der Waals surface area contributed by atoms with Crippen molar-refractivity contribution in [3.05, 3.63) is 34.1 Å². The van der Waals surface area contributed by atoms with Crippen LogP contribution in [0.5, 0.6) is 0 Å². The molecule has 8 heteroatoms. The number of anilines is 1. The lowest BCUT2D eigenvalue weighted by Gasteiger charge is -2.20. The normalized spacial score (nSPS) is 15.2. The van der Waals surface area contributed by atoms with Gasteiger partial charge in [0.25, 0.3) is 5.91 Å². The largest absolute Gasteiger partial charge is 0.352 e. The minimum absolute atomic E-state index is 0.110. The van der Waals surface area contributed by atoms with Gasteiger partial charge in [-0.25, -0.2) is 4.39 Å². The Labute approximate surface area is 209 Å². The van der Waals surface area contributed by atoms with Gasteiger partial charge in [0.1, 0.15) is 0 Å². The lowest BCUT2D eigenvalue weighted by Crippen LogP contribution is -2.30. The summed E-state index contributed by atoms with van der Waals surface area (Å²) in [6.07, 6.45) is 9.09. The first-order chi connectivity index (χ1) is 15.9. The number of halogens is 2. The van der Waals surface area contributed by atoms with E-state index in [0.717, 1.165) is 51.1 Å². The lowest BCUT2D eigenvalue weighted by molar-refractivity contribution is -0.119. The molecule has 2 rings (SSSR count). The van der Waals surface area contributed by atoms with Crippen LogP contribution in [-0.4, -0.2) is 29.5 Å². The molecular formula is C25H37ClFN2O2PS. The molecule has 2 N–H and O–H groups in total. The third kappa shape index (κ3) is 8.56. The molecule has 2 atom stereocenters. The van der Waals surface area contributed by atoms with Crippen molar-refractivity contribution in [2.24, 2.45) is 0 Å². The van der Waals surface area contributed by atoms with Gasteiger partial charge in [-0.15, -0.1) is 20.3 Å². The van der Waals surface area contributed by atoms with Crippen molar-refractivity contribution in [3.8, 4) is 0 Å². The van der Waals surface area contributed by atoms with Gasteiger partial charge in [0.15, 0.2) is 5.82 Å².